The molecule has 2 aromatic heterocycles. The summed E-state index contributed by atoms with van der Waals surface area (Å²) in [6.07, 6.45) is 3.61. The molecular formula is C28H25N5O3S2. The summed E-state index contributed by atoms with van der Waals surface area (Å²) < 4.78 is 34.6. The fourth-order valence-electron chi connectivity index (χ4n) is 4.41. The zero-order valence-electron chi connectivity index (χ0n) is 20.4. The summed E-state index contributed by atoms with van der Waals surface area (Å²) in [5.41, 5.74) is 3.48. The van der Waals surface area contributed by atoms with E-state index in [0.29, 0.717) is 36.8 Å². The number of nitrogens with zero attached hydrogens (tertiary/aromatic N) is 4. The largest absolute Gasteiger partial charge is 0.379 e. The van der Waals surface area contributed by atoms with Crippen molar-refractivity contribution in [3.8, 4) is 11.3 Å². The number of thiazole rings is 1. The Morgan fingerprint density at radius 2 is 1.71 bits per heavy atom. The van der Waals surface area contributed by atoms with Gasteiger partial charge in [-0.15, -0.1) is 11.3 Å². The van der Waals surface area contributed by atoms with Gasteiger partial charge >= 0.3 is 0 Å². The summed E-state index contributed by atoms with van der Waals surface area (Å²) >= 11 is 1.48. The molecule has 0 spiro atoms. The van der Waals surface area contributed by atoms with E-state index < -0.39 is 10.0 Å². The summed E-state index contributed by atoms with van der Waals surface area (Å²) in [6.45, 7) is 1.54. The lowest BCUT2D eigenvalue weighted by Crippen LogP contribution is -2.40. The van der Waals surface area contributed by atoms with E-state index in [1.165, 1.54) is 15.6 Å². The van der Waals surface area contributed by atoms with E-state index in [9.17, 15) is 8.42 Å². The average molecular weight is 544 g/mol. The van der Waals surface area contributed by atoms with Crippen LogP contribution < -0.4 is 4.80 Å². The molecule has 3 aromatic carbocycles. The third-order valence-corrected chi connectivity index (χ3v) is 9.08. The smallest absolute Gasteiger partial charge is 0.243 e. The minimum absolute atomic E-state index is 0.249. The molecule has 192 valence electrons. The first kappa shape index (κ1) is 24.5. The van der Waals surface area contributed by atoms with Crippen LogP contribution in [0.25, 0.3) is 22.0 Å². The average Bonchev–Trinajstić information content (AvgIpc) is 3.62. The predicted octanol–water partition coefficient (Wildman–Crippen LogP) is 4.83. The second-order valence-corrected chi connectivity index (χ2v) is 11.5. The Morgan fingerprint density at radius 1 is 0.921 bits per heavy atom. The van der Waals surface area contributed by atoms with Crippen molar-refractivity contribution in [3.63, 3.8) is 0 Å². The lowest BCUT2D eigenvalue weighted by molar-refractivity contribution is 0.0730. The highest BCUT2D eigenvalue weighted by atomic mass is 32.2. The first-order valence-corrected chi connectivity index (χ1v) is 14.5. The summed E-state index contributed by atoms with van der Waals surface area (Å²) in [5.74, 6) is 0. The molecule has 1 fully saturated rings. The number of aromatic amines is 1. The minimum Gasteiger partial charge on any atom is -0.379 e. The van der Waals surface area contributed by atoms with Crippen LogP contribution in [0, 0.1) is 0 Å². The quantitative estimate of drug-likeness (QED) is 0.311. The molecule has 3 heterocycles. The van der Waals surface area contributed by atoms with Crippen LogP contribution >= 0.6 is 11.3 Å². The molecule has 0 unspecified atom stereocenters. The van der Waals surface area contributed by atoms with Crippen LogP contribution in [0.4, 0.5) is 5.69 Å². The molecule has 0 saturated carbocycles. The lowest BCUT2D eigenvalue weighted by atomic mass is 10.0. The topological polar surface area (TPSA) is 92.0 Å². The molecule has 0 aliphatic carbocycles. The van der Waals surface area contributed by atoms with Gasteiger partial charge in [0.15, 0.2) is 0 Å². The normalized spacial score (nSPS) is 15.5. The van der Waals surface area contributed by atoms with Crippen LogP contribution in [0.1, 0.15) is 5.69 Å². The molecule has 1 N–H and O–H groups in total. The Labute approximate surface area is 224 Å². The van der Waals surface area contributed by atoms with Gasteiger partial charge < -0.3 is 9.72 Å². The van der Waals surface area contributed by atoms with E-state index in [1.807, 2.05) is 46.6 Å². The zero-order chi connectivity index (χ0) is 26.0. The van der Waals surface area contributed by atoms with Gasteiger partial charge in [-0.1, -0.05) is 42.5 Å². The molecule has 1 saturated heterocycles. The molecule has 0 bridgehead atoms. The highest BCUT2D eigenvalue weighted by Gasteiger charge is 2.26. The standard InChI is InChI=1S/C28H25N5O3S2/c34-38(35,32-15-17-36-18-16-32)24-12-10-22(11-13-24)31-28-33(30-19-23-7-4-14-29-23)27(20-37-28)26-9-3-6-21-5-1-2-8-25(21)26/h1-14,19-20,29H,15-18H2. The molecule has 5 aromatic rings. The van der Waals surface area contributed by atoms with Gasteiger partial charge in [-0.3, -0.25) is 0 Å². The number of hydrogen-bond acceptors (Lipinski definition) is 6. The Hall–Kier alpha value is -3.83. The van der Waals surface area contributed by atoms with Crippen molar-refractivity contribution in [2.24, 2.45) is 10.1 Å². The van der Waals surface area contributed by atoms with Gasteiger partial charge in [-0.25, -0.2) is 18.1 Å². The maximum absolute atomic E-state index is 13.0. The van der Waals surface area contributed by atoms with Crippen LogP contribution in [0.3, 0.4) is 0 Å². The summed E-state index contributed by atoms with van der Waals surface area (Å²) in [6, 6.07) is 25.0. The van der Waals surface area contributed by atoms with Gasteiger partial charge in [0.2, 0.25) is 14.8 Å². The van der Waals surface area contributed by atoms with Crippen LogP contribution in [0.2, 0.25) is 0 Å². The van der Waals surface area contributed by atoms with Gasteiger partial charge in [0.25, 0.3) is 0 Å². The molecule has 10 heteroatoms. The van der Waals surface area contributed by atoms with E-state index in [2.05, 4.69) is 29.2 Å². The number of sulfonamides is 1. The number of hydrogen-bond donors (Lipinski definition) is 1. The van der Waals surface area contributed by atoms with E-state index in [-0.39, 0.29) is 4.90 Å². The molecule has 1 aliphatic rings. The minimum atomic E-state index is -3.56. The van der Waals surface area contributed by atoms with Gasteiger partial charge in [0.05, 0.1) is 41.4 Å². The maximum Gasteiger partial charge on any atom is 0.243 e. The van der Waals surface area contributed by atoms with E-state index >= 15 is 0 Å². The van der Waals surface area contributed by atoms with Crippen LogP contribution in [0.5, 0.6) is 0 Å². The molecule has 1 aliphatic heterocycles. The Balaban J connectivity index is 1.41. The molecule has 8 nitrogen and oxygen atoms in total. The van der Waals surface area contributed by atoms with Crippen molar-refractivity contribution >= 4 is 44.0 Å². The highest BCUT2D eigenvalue weighted by molar-refractivity contribution is 7.89. The Morgan fingerprint density at radius 3 is 2.50 bits per heavy atom. The van der Waals surface area contributed by atoms with Gasteiger partial charge in [0, 0.05) is 30.2 Å². The third-order valence-electron chi connectivity index (χ3n) is 6.35. The highest BCUT2D eigenvalue weighted by Crippen LogP contribution is 2.29. The van der Waals surface area contributed by atoms with Crippen molar-refractivity contribution in [1.29, 1.82) is 0 Å². The first-order valence-electron chi connectivity index (χ1n) is 12.2. The van der Waals surface area contributed by atoms with Crippen LogP contribution in [-0.2, 0) is 14.8 Å². The second-order valence-electron chi connectivity index (χ2n) is 8.73. The second kappa shape index (κ2) is 10.5. The van der Waals surface area contributed by atoms with E-state index in [0.717, 1.165) is 27.7 Å². The number of benzene rings is 3. The van der Waals surface area contributed by atoms with Gasteiger partial charge in [0.1, 0.15) is 0 Å². The monoisotopic (exact) mass is 543 g/mol. The van der Waals surface area contributed by atoms with Crippen molar-refractivity contribution in [2.75, 3.05) is 26.3 Å². The fraction of sp³-hybridized carbons (Fsp3) is 0.143. The van der Waals surface area contributed by atoms with Crippen molar-refractivity contribution in [3.05, 3.63) is 101 Å². The van der Waals surface area contributed by atoms with Gasteiger partial charge in [-0.05, 0) is 47.2 Å². The molecular weight excluding hydrogens is 518 g/mol. The van der Waals surface area contributed by atoms with Crippen LogP contribution in [0.15, 0.2) is 105 Å². The number of rotatable bonds is 6. The lowest BCUT2D eigenvalue weighted by Gasteiger charge is -2.26. The number of nitrogens with one attached hydrogen (secondary N) is 1. The summed E-state index contributed by atoms with van der Waals surface area (Å²) in [4.78, 5) is 8.89. The molecule has 6 rings (SSSR count). The van der Waals surface area contributed by atoms with Crippen molar-refractivity contribution in [2.45, 2.75) is 4.90 Å². The molecule has 0 amide bonds. The van der Waals surface area contributed by atoms with E-state index in [1.54, 1.807) is 30.5 Å². The molecule has 0 radical (unpaired) electrons. The maximum atomic E-state index is 13.0. The number of ether oxygens (including phenoxy) is 1. The van der Waals surface area contributed by atoms with Gasteiger partial charge in [-0.2, -0.15) is 9.41 Å². The van der Waals surface area contributed by atoms with Crippen LogP contribution in [-0.4, -0.2) is 54.9 Å². The summed E-state index contributed by atoms with van der Waals surface area (Å²) in [5, 5.41) is 9.09. The van der Waals surface area contributed by atoms with Crippen molar-refractivity contribution in [1.82, 2.24) is 14.0 Å². The molecule has 0 atom stereocenters. The predicted molar refractivity (Wildman–Crippen MR) is 150 cm³/mol. The number of fused-ring (bicyclic) bond motifs is 1. The third kappa shape index (κ3) is 4.86. The SMILES string of the molecule is O=S(=O)(c1ccc(N=c2scc(-c3cccc4ccccc34)n2N=Cc2ccc[nH]2)cc1)N1CCOCC1. The first-order chi connectivity index (χ1) is 18.6. The summed E-state index contributed by atoms with van der Waals surface area (Å²) in [7, 11) is -3.56. The number of aromatic nitrogens is 2. The number of H-pyrrole nitrogens is 1. The Kier molecular flexibility index (Phi) is 6.77. The fourth-order valence-corrected chi connectivity index (χ4v) is 6.66. The van der Waals surface area contributed by atoms with Crippen molar-refractivity contribution < 1.29 is 13.2 Å². The Bertz CT molecular complexity index is 1760. The van der Waals surface area contributed by atoms with E-state index in [4.69, 9.17) is 14.8 Å². The zero-order valence-corrected chi connectivity index (χ0v) is 22.0. The number of morpholine rings is 1. The molecule has 38 heavy (non-hydrogen) atoms.